The zero-order valence-electron chi connectivity index (χ0n) is 14.3. The van der Waals surface area contributed by atoms with E-state index in [1.54, 1.807) is 41.5 Å². The topological polar surface area (TPSA) is 88.1 Å². The number of carbonyl (C=O) groups excluding carboxylic acids is 1. The van der Waals surface area contributed by atoms with Crippen LogP contribution in [0.25, 0.3) is 0 Å². The van der Waals surface area contributed by atoms with E-state index in [0.717, 1.165) is 0 Å². The predicted octanol–water partition coefficient (Wildman–Crippen LogP) is 2.16. The van der Waals surface area contributed by atoms with Crippen LogP contribution in [0.15, 0.2) is 24.3 Å². The van der Waals surface area contributed by atoms with E-state index in [0.29, 0.717) is 37.0 Å². The molecule has 1 aliphatic heterocycles. The van der Waals surface area contributed by atoms with Gasteiger partial charge in [0.2, 0.25) is 0 Å². The molecule has 8 heteroatoms. The SMILES string of the molecule is COc1ccc(P2(=O)OCCCN2[C@@H](CC(C)C)C(=O)NO)cc1. The van der Waals surface area contributed by atoms with Gasteiger partial charge in [0.25, 0.3) is 5.91 Å². The molecule has 1 aromatic rings. The summed E-state index contributed by atoms with van der Waals surface area (Å²) in [5.74, 6) is 0.280. The number of benzene rings is 1. The molecule has 1 fully saturated rings. The molecule has 1 heterocycles. The van der Waals surface area contributed by atoms with Crippen LogP contribution in [-0.4, -0.2) is 42.1 Å². The van der Waals surface area contributed by atoms with Gasteiger partial charge in [-0.25, -0.2) is 10.2 Å². The quantitative estimate of drug-likeness (QED) is 0.461. The van der Waals surface area contributed by atoms with Gasteiger partial charge in [0.15, 0.2) is 0 Å². The zero-order valence-corrected chi connectivity index (χ0v) is 15.2. The molecule has 2 atom stereocenters. The number of ether oxygens (including phenoxy) is 1. The van der Waals surface area contributed by atoms with Crippen molar-refractivity contribution in [3.63, 3.8) is 0 Å². The van der Waals surface area contributed by atoms with Gasteiger partial charge in [-0.1, -0.05) is 13.8 Å². The molecule has 1 amide bonds. The molecular formula is C16H25N2O5P. The van der Waals surface area contributed by atoms with E-state index in [1.807, 2.05) is 13.8 Å². The molecule has 1 aromatic carbocycles. The maximum Gasteiger partial charge on any atom is 0.303 e. The van der Waals surface area contributed by atoms with Crippen molar-refractivity contribution in [2.24, 2.45) is 5.92 Å². The average Bonchev–Trinajstić information content (AvgIpc) is 2.59. The Morgan fingerprint density at radius 3 is 2.62 bits per heavy atom. The second-order valence-electron chi connectivity index (χ2n) is 6.19. The molecule has 1 unspecified atom stereocenters. The standard InChI is InChI=1S/C16H25N2O5P/c1-12(2)11-15(16(19)17-20)18-9-4-10-23-24(18,21)14-7-5-13(22-3)6-8-14/h5-8,12,15,20H,4,9-11H2,1-3H3,(H,17,19)/t15-,24?/m0/s1. The summed E-state index contributed by atoms with van der Waals surface area (Å²) < 4.78 is 26.0. The predicted molar refractivity (Wildman–Crippen MR) is 90.7 cm³/mol. The number of methoxy groups -OCH3 is 1. The lowest BCUT2D eigenvalue weighted by Gasteiger charge is -2.39. The van der Waals surface area contributed by atoms with E-state index in [2.05, 4.69) is 0 Å². The van der Waals surface area contributed by atoms with Gasteiger partial charge in [-0.2, -0.15) is 0 Å². The highest BCUT2D eigenvalue weighted by atomic mass is 31.2. The highest BCUT2D eigenvalue weighted by molar-refractivity contribution is 7.64. The molecule has 24 heavy (non-hydrogen) atoms. The first-order chi connectivity index (χ1) is 11.4. The van der Waals surface area contributed by atoms with Gasteiger partial charge < -0.3 is 9.26 Å². The molecular weight excluding hydrogens is 331 g/mol. The van der Waals surface area contributed by atoms with E-state index >= 15 is 0 Å². The number of nitrogens with one attached hydrogen (secondary N) is 1. The number of rotatable bonds is 6. The first-order valence-electron chi connectivity index (χ1n) is 8.02. The molecule has 1 saturated heterocycles. The molecule has 0 aromatic heterocycles. The zero-order chi connectivity index (χ0) is 17.7. The number of hydrogen-bond donors (Lipinski definition) is 2. The third-order valence-electron chi connectivity index (χ3n) is 4.00. The van der Waals surface area contributed by atoms with Gasteiger partial charge in [-0.3, -0.25) is 14.6 Å². The first-order valence-corrected chi connectivity index (χ1v) is 9.60. The van der Waals surface area contributed by atoms with Crippen LogP contribution in [0.2, 0.25) is 0 Å². The van der Waals surface area contributed by atoms with Crippen LogP contribution >= 0.6 is 7.52 Å². The minimum absolute atomic E-state index is 0.193. The highest BCUT2D eigenvalue weighted by Gasteiger charge is 2.43. The lowest BCUT2D eigenvalue weighted by Crippen LogP contribution is -2.48. The molecule has 1 aliphatic rings. The fraction of sp³-hybridized carbons (Fsp3) is 0.562. The molecule has 2 rings (SSSR count). The highest BCUT2D eigenvalue weighted by Crippen LogP contribution is 2.54. The minimum Gasteiger partial charge on any atom is -0.497 e. The summed E-state index contributed by atoms with van der Waals surface area (Å²) in [4.78, 5) is 12.2. The van der Waals surface area contributed by atoms with Gasteiger partial charge >= 0.3 is 7.52 Å². The largest absolute Gasteiger partial charge is 0.497 e. The van der Waals surface area contributed by atoms with Crippen molar-refractivity contribution in [3.05, 3.63) is 24.3 Å². The third kappa shape index (κ3) is 3.98. The summed E-state index contributed by atoms with van der Waals surface area (Å²) >= 11 is 0. The molecule has 134 valence electrons. The number of hydroxylamine groups is 1. The van der Waals surface area contributed by atoms with Crippen molar-refractivity contribution in [2.45, 2.75) is 32.7 Å². The van der Waals surface area contributed by atoms with Crippen LogP contribution in [0.1, 0.15) is 26.7 Å². The Hall–Kier alpha value is -1.40. The maximum absolute atomic E-state index is 13.6. The lowest BCUT2D eigenvalue weighted by molar-refractivity contribution is -0.134. The van der Waals surface area contributed by atoms with E-state index in [9.17, 15) is 9.36 Å². The van der Waals surface area contributed by atoms with Crippen molar-refractivity contribution in [2.75, 3.05) is 20.3 Å². The fourth-order valence-corrected chi connectivity index (χ4v) is 5.31. The van der Waals surface area contributed by atoms with E-state index in [1.165, 1.54) is 0 Å². The normalized spacial score (nSPS) is 23.0. The molecule has 0 aliphatic carbocycles. The lowest BCUT2D eigenvalue weighted by atomic mass is 10.0. The Bertz CT molecular complexity index is 605. The summed E-state index contributed by atoms with van der Waals surface area (Å²) in [6.45, 7) is 4.78. The van der Waals surface area contributed by atoms with Crippen LogP contribution in [0.3, 0.4) is 0 Å². The molecule has 7 nitrogen and oxygen atoms in total. The fourth-order valence-electron chi connectivity index (χ4n) is 2.84. The number of carbonyl (C=O) groups is 1. The Labute approximate surface area is 142 Å². The number of hydrogen-bond acceptors (Lipinski definition) is 5. The molecule has 0 bridgehead atoms. The molecule has 0 saturated carbocycles. The third-order valence-corrected chi connectivity index (χ3v) is 6.64. The van der Waals surface area contributed by atoms with Crippen LogP contribution in [0.5, 0.6) is 5.75 Å². The molecule has 2 N–H and O–H groups in total. The Morgan fingerprint density at radius 2 is 2.08 bits per heavy atom. The van der Waals surface area contributed by atoms with Crippen LogP contribution < -0.4 is 15.5 Å². The Morgan fingerprint density at radius 1 is 1.42 bits per heavy atom. The minimum atomic E-state index is -3.38. The summed E-state index contributed by atoms with van der Waals surface area (Å²) in [7, 11) is -1.82. The summed E-state index contributed by atoms with van der Waals surface area (Å²) in [5, 5.41) is 9.60. The molecule has 0 radical (unpaired) electrons. The van der Waals surface area contributed by atoms with Gasteiger partial charge in [-0.05, 0) is 43.0 Å². The second kappa shape index (κ2) is 8.12. The van der Waals surface area contributed by atoms with Gasteiger partial charge in [0.1, 0.15) is 5.75 Å². The number of amides is 1. The van der Waals surface area contributed by atoms with Gasteiger partial charge in [0, 0.05) is 6.54 Å². The van der Waals surface area contributed by atoms with E-state index in [4.69, 9.17) is 14.5 Å². The van der Waals surface area contributed by atoms with Crippen molar-refractivity contribution < 1.29 is 23.8 Å². The monoisotopic (exact) mass is 356 g/mol. The van der Waals surface area contributed by atoms with Crippen molar-refractivity contribution in [3.8, 4) is 5.75 Å². The average molecular weight is 356 g/mol. The van der Waals surface area contributed by atoms with Gasteiger partial charge in [-0.15, -0.1) is 0 Å². The van der Waals surface area contributed by atoms with Crippen molar-refractivity contribution in [1.82, 2.24) is 10.2 Å². The first kappa shape index (κ1) is 18.9. The van der Waals surface area contributed by atoms with Crippen molar-refractivity contribution >= 4 is 18.7 Å². The van der Waals surface area contributed by atoms with E-state index < -0.39 is 19.5 Å². The maximum atomic E-state index is 13.6. The summed E-state index contributed by atoms with van der Waals surface area (Å²) in [6.07, 6.45) is 1.14. The summed E-state index contributed by atoms with van der Waals surface area (Å²) in [6, 6.07) is 6.11. The Kier molecular flexibility index (Phi) is 6.40. The molecule has 0 spiro atoms. The van der Waals surface area contributed by atoms with Crippen LogP contribution in [-0.2, 0) is 13.9 Å². The van der Waals surface area contributed by atoms with Crippen LogP contribution in [0.4, 0.5) is 0 Å². The van der Waals surface area contributed by atoms with Crippen molar-refractivity contribution in [1.29, 1.82) is 0 Å². The second-order valence-corrected chi connectivity index (χ2v) is 8.52. The smallest absolute Gasteiger partial charge is 0.303 e. The van der Waals surface area contributed by atoms with E-state index in [-0.39, 0.29) is 5.92 Å². The van der Waals surface area contributed by atoms with Crippen LogP contribution in [0, 0.1) is 5.92 Å². The van der Waals surface area contributed by atoms with Gasteiger partial charge in [0.05, 0.1) is 25.1 Å². The number of nitrogens with zero attached hydrogens (tertiary/aromatic N) is 1. The Balaban J connectivity index is 2.39. The summed E-state index contributed by atoms with van der Waals surface area (Å²) in [5.41, 5.74) is 1.70.